The number of carbonyl (C=O) groups is 2. The number of likely N-dealkylation sites (tertiary alicyclic amines) is 1. The fourth-order valence-corrected chi connectivity index (χ4v) is 6.39. The quantitative estimate of drug-likeness (QED) is 0.276. The minimum atomic E-state index is -0.988. The molecule has 3 fully saturated rings. The molecule has 3 atom stereocenters. The van der Waals surface area contributed by atoms with Gasteiger partial charge in [0, 0.05) is 57.4 Å². The molecule has 0 radical (unpaired) electrons. The minimum absolute atomic E-state index is 0.000724. The molecule has 3 saturated heterocycles. The van der Waals surface area contributed by atoms with Gasteiger partial charge in [0.05, 0.1) is 38.4 Å². The number of hydrogen-bond acceptors (Lipinski definition) is 8. The second-order valence-corrected chi connectivity index (χ2v) is 12.3. The number of aliphatic hydroxyl groups excluding tert-OH is 1. The molecule has 1 amide bonds. The van der Waals surface area contributed by atoms with Crippen LogP contribution < -0.4 is 5.32 Å². The third-order valence-electron chi connectivity index (χ3n) is 9.01. The summed E-state index contributed by atoms with van der Waals surface area (Å²) in [6.45, 7) is 4.23. The molecule has 46 heavy (non-hydrogen) atoms. The number of hydrogen-bond donors (Lipinski definition) is 3. The number of carboxylic acids is 1. The molecule has 1 spiro atoms. The Balaban J connectivity index is 1.13. The van der Waals surface area contributed by atoms with Gasteiger partial charge in [0.25, 0.3) is 0 Å². The molecule has 10 heteroatoms. The maximum Gasteiger partial charge on any atom is 0.303 e. The van der Waals surface area contributed by atoms with E-state index in [2.05, 4.69) is 10.2 Å². The molecule has 6 rings (SSSR count). The van der Waals surface area contributed by atoms with Crippen molar-refractivity contribution in [1.29, 1.82) is 0 Å². The third kappa shape index (κ3) is 8.19. The van der Waals surface area contributed by atoms with Crippen molar-refractivity contribution in [3.8, 4) is 11.1 Å². The van der Waals surface area contributed by atoms with E-state index in [0.717, 1.165) is 72.3 Å². The van der Waals surface area contributed by atoms with Gasteiger partial charge in [-0.1, -0.05) is 66.7 Å². The Labute approximate surface area is 269 Å². The predicted molar refractivity (Wildman–Crippen MR) is 169 cm³/mol. The molecule has 244 valence electrons. The lowest BCUT2D eigenvalue weighted by atomic mass is 9.98. The van der Waals surface area contributed by atoms with E-state index in [-0.39, 0.29) is 37.6 Å². The second-order valence-electron chi connectivity index (χ2n) is 12.3. The van der Waals surface area contributed by atoms with Gasteiger partial charge in [0.1, 0.15) is 0 Å². The number of aliphatic hydroxyl groups is 1. The zero-order valence-electron chi connectivity index (χ0n) is 25.9. The van der Waals surface area contributed by atoms with Crippen molar-refractivity contribution in [2.75, 3.05) is 32.8 Å². The Morgan fingerprint density at radius 1 is 0.848 bits per heavy atom. The van der Waals surface area contributed by atoms with Crippen LogP contribution in [0.3, 0.4) is 0 Å². The summed E-state index contributed by atoms with van der Waals surface area (Å²) >= 11 is 0. The lowest BCUT2D eigenvalue weighted by molar-refractivity contribution is -0.255. The number of ether oxygens (including phenoxy) is 4. The number of amides is 1. The molecular formula is C36H42N2O8. The average molecular weight is 631 g/mol. The molecule has 3 aromatic carbocycles. The van der Waals surface area contributed by atoms with Crippen LogP contribution in [0.1, 0.15) is 66.8 Å². The molecule has 3 aliphatic rings. The molecule has 3 aliphatic heterocycles. The van der Waals surface area contributed by atoms with E-state index in [1.807, 2.05) is 72.8 Å². The molecule has 3 heterocycles. The molecule has 10 nitrogen and oxygen atoms in total. The highest BCUT2D eigenvalue weighted by molar-refractivity contribution is 5.80. The van der Waals surface area contributed by atoms with Gasteiger partial charge in [-0.15, -0.1) is 0 Å². The Morgan fingerprint density at radius 2 is 1.57 bits per heavy atom. The third-order valence-corrected chi connectivity index (χ3v) is 9.01. The molecule has 0 aliphatic carbocycles. The van der Waals surface area contributed by atoms with Gasteiger partial charge < -0.3 is 39.4 Å². The summed E-state index contributed by atoms with van der Waals surface area (Å²) in [6, 6.07) is 24.0. The highest BCUT2D eigenvalue weighted by atomic mass is 16.7. The Morgan fingerprint density at radius 3 is 2.26 bits per heavy atom. The first-order chi connectivity index (χ1) is 22.4. The maximum atomic E-state index is 12.0. The van der Waals surface area contributed by atoms with Crippen LogP contribution in [0.4, 0.5) is 0 Å². The highest BCUT2D eigenvalue weighted by Crippen LogP contribution is 2.39. The minimum Gasteiger partial charge on any atom is -0.481 e. The van der Waals surface area contributed by atoms with Crippen LogP contribution in [0, 0.1) is 0 Å². The summed E-state index contributed by atoms with van der Waals surface area (Å²) < 4.78 is 25.0. The van der Waals surface area contributed by atoms with Crippen LogP contribution >= 0.6 is 0 Å². The van der Waals surface area contributed by atoms with Crippen LogP contribution in [-0.4, -0.2) is 71.7 Å². The lowest BCUT2D eigenvalue weighted by Crippen LogP contribution is -2.48. The smallest absolute Gasteiger partial charge is 0.303 e. The molecule has 0 saturated carbocycles. The number of aliphatic carboxylic acids is 1. The van der Waals surface area contributed by atoms with Gasteiger partial charge >= 0.3 is 5.97 Å². The summed E-state index contributed by atoms with van der Waals surface area (Å²) in [7, 11) is 0. The van der Waals surface area contributed by atoms with E-state index in [9.17, 15) is 14.7 Å². The van der Waals surface area contributed by atoms with Crippen LogP contribution in [0.25, 0.3) is 11.1 Å². The van der Waals surface area contributed by atoms with E-state index in [1.165, 1.54) is 0 Å². The fraction of sp³-hybridized carbons (Fsp3) is 0.444. The second kappa shape index (κ2) is 14.8. The number of carboxylic acid groups (broad SMARTS) is 1. The highest BCUT2D eigenvalue weighted by Gasteiger charge is 2.41. The van der Waals surface area contributed by atoms with Crippen molar-refractivity contribution in [2.45, 2.75) is 69.5 Å². The van der Waals surface area contributed by atoms with Crippen LogP contribution in [0.5, 0.6) is 0 Å². The number of nitrogens with one attached hydrogen (secondary N) is 1. The largest absolute Gasteiger partial charge is 0.481 e. The maximum absolute atomic E-state index is 12.0. The molecule has 3 aromatic rings. The number of rotatable bonds is 11. The number of nitrogens with zero attached hydrogens (tertiary/aromatic N) is 1. The number of piperidine rings is 1. The van der Waals surface area contributed by atoms with Crippen molar-refractivity contribution >= 4 is 11.9 Å². The first-order valence-corrected chi connectivity index (χ1v) is 16.1. The van der Waals surface area contributed by atoms with E-state index in [1.54, 1.807) is 0 Å². The zero-order valence-corrected chi connectivity index (χ0v) is 25.9. The van der Waals surface area contributed by atoms with Crippen LogP contribution in [0.15, 0.2) is 72.8 Å². The van der Waals surface area contributed by atoms with Crippen LogP contribution in [-0.2, 0) is 41.7 Å². The van der Waals surface area contributed by atoms with E-state index < -0.39 is 18.0 Å². The zero-order chi connectivity index (χ0) is 31.9. The van der Waals surface area contributed by atoms with Crippen molar-refractivity contribution in [1.82, 2.24) is 10.2 Å². The topological polar surface area (TPSA) is 127 Å². The first kappa shape index (κ1) is 32.3. The van der Waals surface area contributed by atoms with Crippen molar-refractivity contribution < 1.29 is 38.7 Å². The van der Waals surface area contributed by atoms with Crippen molar-refractivity contribution in [2.24, 2.45) is 0 Å². The Hall–Kier alpha value is -3.64. The van der Waals surface area contributed by atoms with Gasteiger partial charge in [0.15, 0.2) is 12.1 Å². The SMILES string of the molecule is O=C(O)CCC(=O)NCc1cccc(-c2ccc([C@@H]3O[C@H](CN4CCC5(CC4)OCCO5)C[C@H](c4ccc(CO)cc4)O3)cc2)c1. The summed E-state index contributed by atoms with van der Waals surface area (Å²) in [5, 5.41) is 21.1. The predicted octanol–water partition coefficient (Wildman–Crippen LogP) is 4.71. The summed E-state index contributed by atoms with van der Waals surface area (Å²) in [6.07, 6.45) is 1.46. The molecule has 0 unspecified atom stereocenters. The summed E-state index contributed by atoms with van der Waals surface area (Å²) in [5.41, 5.74) is 5.80. The molecular weight excluding hydrogens is 588 g/mol. The Bertz CT molecular complexity index is 1460. The van der Waals surface area contributed by atoms with Crippen molar-refractivity contribution in [3.63, 3.8) is 0 Å². The molecule has 0 bridgehead atoms. The van der Waals surface area contributed by atoms with Gasteiger partial charge in [-0.2, -0.15) is 0 Å². The number of benzene rings is 3. The summed E-state index contributed by atoms with van der Waals surface area (Å²) in [5.74, 6) is -1.69. The molecule has 0 aromatic heterocycles. The number of carbonyl (C=O) groups excluding carboxylic acids is 1. The molecule has 3 N–H and O–H groups in total. The summed E-state index contributed by atoms with van der Waals surface area (Å²) in [4.78, 5) is 25.1. The van der Waals surface area contributed by atoms with Gasteiger partial charge in [-0.25, -0.2) is 0 Å². The normalized spacial score (nSPS) is 22.9. The average Bonchev–Trinajstić information content (AvgIpc) is 3.55. The van der Waals surface area contributed by atoms with E-state index >= 15 is 0 Å². The van der Waals surface area contributed by atoms with Crippen LogP contribution in [0.2, 0.25) is 0 Å². The fourth-order valence-electron chi connectivity index (χ4n) is 6.39. The Kier molecular flexibility index (Phi) is 10.4. The van der Waals surface area contributed by atoms with Gasteiger partial charge in [-0.3, -0.25) is 9.59 Å². The van der Waals surface area contributed by atoms with E-state index in [0.29, 0.717) is 19.8 Å². The first-order valence-electron chi connectivity index (χ1n) is 16.1. The van der Waals surface area contributed by atoms with Crippen molar-refractivity contribution in [3.05, 3.63) is 95.1 Å². The van der Waals surface area contributed by atoms with Gasteiger partial charge in [0.2, 0.25) is 5.91 Å². The van der Waals surface area contributed by atoms with E-state index in [4.69, 9.17) is 24.1 Å². The van der Waals surface area contributed by atoms with Gasteiger partial charge in [-0.05, 0) is 33.9 Å². The monoisotopic (exact) mass is 630 g/mol. The lowest BCUT2D eigenvalue weighted by Gasteiger charge is -2.41. The standard InChI is InChI=1S/C36H42N2O8/c39-24-25-4-6-28(7-5-25)32-21-31(23-38-16-14-36(15-17-38)43-18-19-44-36)45-35(46-32)29-10-8-27(9-11-29)30-3-1-2-26(20-30)22-37-33(40)12-13-34(41)42/h1-11,20,31-32,35,39H,12-19,21-24H2,(H,37,40)(H,41,42)/t31-,32+,35+/m0/s1.